The largest absolute Gasteiger partial charge is 0.284 e. The number of sulfonamides is 2. The summed E-state index contributed by atoms with van der Waals surface area (Å²) >= 11 is 0. The van der Waals surface area contributed by atoms with Crippen LogP contribution in [-0.4, -0.2) is 29.1 Å². The third-order valence-corrected chi connectivity index (χ3v) is 7.79. The molecule has 0 unspecified atom stereocenters. The third kappa shape index (κ3) is 4.44. The lowest BCUT2D eigenvalue weighted by Crippen LogP contribution is -2.35. The minimum atomic E-state index is -3.64. The van der Waals surface area contributed by atoms with E-state index in [1.165, 1.54) is 4.31 Å². The molecular weight excluding hydrogens is 384 g/mol. The molecule has 0 bridgehead atoms. The second-order valence-corrected chi connectivity index (χ2v) is 10.7. The second kappa shape index (κ2) is 7.52. The van der Waals surface area contributed by atoms with E-state index in [1.54, 1.807) is 48.5 Å². The Labute approximate surface area is 161 Å². The molecule has 1 aliphatic rings. The molecule has 1 aliphatic heterocycles. The summed E-state index contributed by atoms with van der Waals surface area (Å²) in [6.45, 7) is 4.10. The van der Waals surface area contributed by atoms with Gasteiger partial charge in [-0.15, -0.1) is 0 Å². The summed E-state index contributed by atoms with van der Waals surface area (Å²) in [5.41, 5.74) is 1.90. The van der Waals surface area contributed by atoms with Gasteiger partial charge in [0.1, 0.15) is 0 Å². The van der Waals surface area contributed by atoms with Crippen LogP contribution in [0, 0.1) is 5.92 Å². The molecule has 2 aromatic rings. The number of nitrogens with zero attached hydrogens (tertiary/aromatic N) is 1. The molecule has 1 heterocycles. The van der Waals surface area contributed by atoms with Crippen molar-refractivity contribution in [2.75, 3.05) is 21.3 Å². The molecule has 6 nitrogen and oxygen atoms in total. The van der Waals surface area contributed by atoms with Crippen LogP contribution in [0.1, 0.15) is 25.8 Å². The second-order valence-electron chi connectivity index (χ2n) is 7.11. The summed E-state index contributed by atoms with van der Waals surface area (Å²) in [7, 11) is -7.07. The van der Waals surface area contributed by atoms with Gasteiger partial charge in [0.15, 0.2) is 0 Å². The molecule has 8 heteroatoms. The first kappa shape index (κ1) is 19.7. The molecule has 2 aromatic carbocycles. The van der Waals surface area contributed by atoms with Crippen molar-refractivity contribution in [2.45, 2.75) is 31.6 Å². The molecule has 27 heavy (non-hydrogen) atoms. The van der Waals surface area contributed by atoms with Crippen LogP contribution in [0.2, 0.25) is 0 Å². The maximum absolute atomic E-state index is 13.0. The predicted molar refractivity (Wildman–Crippen MR) is 108 cm³/mol. The summed E-state index contributed by atoms with van der Waals surface area (Å²) in [6.07, 6.45) is 1.39. The summed E-state index contributed by atoms with van der Waals surface area (Å²) in [4.78, 5) is 0.250. The fraction of sp³-hybridized carbons (Fsp3) is 0.368. The Hall–Kier alpha value is -2.06. The average Bonchev–Trinajstić information content (AvgIpc) is 2.60. The van der Waals surface area contributed by atoms with Crippen molar-refractivity contribution < 1.29 is 16.8 Å². The van der Waals surface area contributed by atoms with Gasteiger partial charge in [0.05, 0.1) is 16.3 Å². The molecule has 0 aromatic heterocycles. The Morgan fingerprint density at radius 2 is 1.74 bits per heavy atom. The number of aryl methyl sites for hydroxylation is 1. The molecule has 0 fully saturated rings. The molecule has 1 N–H and O–H groups in total. The van der Waals surface area contributed by atoms with E-state index in [0.717, 1.165) is 5.56 Å². The molecule has 0 radical (unpaired) electrons. The zero-order valence-electron chi connectivity index (χ0n) is 15.4. The quantitative estimate of drug-likeness (QED) is 0.795. The van der Waals surface area contributed by atoms with E-state index in [0.29, 0.717) is 30.8 Å². The predicted octanol–water partition coefficient (Wildman–Crippen LogP) is 3.23. The maximum Gasteiger partial charge on any atom is 0.264 e. The van der Waals surface area contributed by atoms with E-state index in [2.05, 4.69) is 4.72 Å². The van der Waals surface area contributed by atoms with Gasteiger partial charge in [-0.2, -0.15) is 0 Å². The number of benzene rings is 2. The normalized spacial score (nSPS) is 14.9. The summed E-state index contributed by atoms with van der Waals surface area (Å²) in [6, 6.07) is 13.4. The molecule has 0 saturated carbocycles. The maximum atomic E-state index is 13.0. The lowest BCUT2D eigenvalue weighted by molar-refractivity contribution is 0.585. The lowest BCUT2D eigenvalue weighted by atomic mass is 10.0. The van der Waals surface area contributed by atoms with Crippen molar-refractivity contribution in [3.05, 3.63) is 54.1 Å². The van der Waals surface area contributed by atoms with Crippen LogP contribution in [0.5, 0.6) is 0 Å². The fourth-order valence-electron chi connectivity index (χ4n) is 3.26. The van der Waals surface area contributed by atoms with Gasteiger partial charge in [-0.3, -0.25) is 9.03 Å². The van der Waals surface area contributed by atoms with E-state index < -0.39 is 20.0 Å². The van der Waals surface area contributed by atoms with Crippen LogP contribution in [-0.2, 0) is 26.5 Å². The molecule has 0 amide bonds. The van der Waals surface area contributed by atoms with Crippen LogP contribution in [0.4, 0.5) is 11.4 Å². The minimum Gasteiger partial charge on any atom is -0.284 e. The van der Waals surface area contributed by atoms with E-state index in [9.17, 15) is 16.8 Å². The summed E-state index contributed by atoms with van der Waals surface area (Å²) < 4.78 is 54.3. The molecule has 0 spiro atoms. The zero-order valence-corrected chi connectivity index (χ0v) is 17.1. The number of nitrogens with one attached hydrogen (secondary N) is 1. The first-order valence-electron chi connectivity index (χ1n) is 8.90. The van der Waals surface area contributed by atoms with Crippen LogP contribution in [0.15, 0.2) is 53.4 Å². The van der Waals surface area contributed by atoms with Crippen molar-refractivity contribution in [1.29, 1.82) is 0 Å². The number of fused-ring (bicyclic) bond motifs is 1. The van der Waals surface area contributed by atoms with Gasteiger partial charge in [-0.1, -0.05) is 32.0 Å². The molecule has 0 aliphatic carbocycles. The van der Waals surface area contributed by atoms with Crippen LogP contribution < -0.4 is 9.03 Å². The highest BCUT2D eigenvalue weighted by atomic mass is 32.2. The van der Waals surface area contributed by atoms with Crippen molar-refractivity contribution in [2.24, 2.45) is 5.92 Å². The highest BCUT2D eigenvalue weighted by Gasteiger charge is 2.29. The number of rotatable bonds is 6. The van der Waals surface area contributed by atoms with E-state index in [4.69, 9.17) is 0 Å². The number of hydrogen-bond donors (Lipinski definition) is 1. The fourth-order valence-corrected chi connectivity index (χ4v) is 6.26. The topological polar surface area (TPSA) is 83.6 Å². The van der Waals surface area contributed by atoms with Gasteiger partial charge in [-0.25, -0.2) is 16.8 Å². The van der Waals surface area contributed by atoms with E-state index in [1.807, 2.05) is 13.8 Å². The smallest absolute Gasteiger partial charge is 0.264 e. The highest BCUT2D eigenvalue weighted by molar-refractivity contribution is 7.93. The molecule has 0 saturated heterocycles. The standard InChI is InChI=1S/C19H24N2O4S2/c1-15(2)14-26(22,23)20-17-10-11-19-16(13-17)7-6-12-21(19)27(24,25)18-8-4-3-5-9-18/h3-5,8-11,13,15,20H,6-7,12,14H2,1-2H3. The zero-order chi connectivity index (χ0) is 19.7. The Balaban J connectivity index is 1.92. The van der Waals surface area contributed by atoms with Crippen LogP contribution >= 0.6 is 0 Å². The first-order valence-corrected chi connectivity index (χ1v) is 12.0. The first-order chi connectivity index (χ1) is 12.7. The number of anilines is 2. The average molecular weight is 409 g/mol. The summed E-state index contributed by atoms with van der Waals surface area (Å²) in [5, 5.41) is 0. The van der Waals surface area contributed by atoms with Gasteiger partial charge in [0, 0.05) is 12.2 Å². The van der Waals surface area contributed by atoms with E-state index in [-0.39, 0.29) is 16.6 Å². The highest BCUT2D eigenvalue weighted by Crippen LogP contribution is 2.34. The SMILES string of the molecule is CC(C)CS(=O)(=O)Nc1ccc2c(c1)CCCN2S(=O)(=O)c1ccccc1. The van der Waals surface area contributed by atoms with E-state index >= 15 is 0 Å². The Morgan fingerprint density at radius 3 is 2.41 bits per heavy atom. The van der Waals surface area contributed by atoms with Crippen molar-refractivity contribution in [1.82, 2.24) is 0 Å². The Morgan fingerprint density at radius 1 is 1.04 bits per heavy atom. The Kier molecular flexibility index (Phi) is 5.48. The van der Waals surface area contributed by atoms with Crippen molar-refractivity contribution in [3.63, 3.8) is 0 Å². The molecular formula is C19H24N2O4S2. The van der Waals surface area contributed by atoms with Gasteiger partial charge >= 0.3 is 0 Å². The third-order valence-electron chi connectivity index (χ3n) is 4.31. The minimum absolute atomic E-state index is 0.0200. The van der Waals surface area contributed by atoms with Gasteiger partial charge in [0.2, 0.25) is 10.0 Å². The molecule has 3 rings (SSSR count). The van der Waals surface area contributed by atoms with Crippen LogP contribution in [0.3, 0.4) is 0 Å². The van der Waals surface area contributed by atoms with Crippen LogP contribution in [0.25, 0.3) is 0 Å². The Bertz CT molecular complexity index is 1020. The van der Waals surface area contributed by atoms with Crippen molar-refractivity contribution in [3.8, 4) is 0 Å². The summed E-state index contributed by atoms with van der Waals surface area (Å²) in [5.74, 6) is 0.0603. The van der Waals surface area contributed by atoms with Crippen molar-refractivity contribution >= 4 is 31.4 Å². The van der Waals surface area contributed by atoms with Gasteiger partial charge in [-0.05, 0) is 54.7 Å². The monoisotopic (exact) mass is 408 g/mol. The van der Waals surface area contributed by atoms with Gasteiger partial charge < -0.3 is 0 Å². The van der Waals surface area contributed by atoms with Gasteiger partial charge in [0.25, 0.3) is 10.0 Å². The number of hydrogen-bond acceptors (Lipinski definition) is 4. The molecule has 146 valence electrons. The molecule has 0 atom stereocenters. The lowest BCUT2D eigenvalue weighted by Gasteiger charge is -2.31.